The molecular formula is C55H61ClN2O5. The Bertz CT molecular complexity index is 2270. The van der Waals surface area contributed by atoms with Crippen molar-refractivity contribution in [1.29, 1.82) is 0 Å². The van der Waals surface area contributed by atoms with E-state index >= 15 is 0 Å². The van der Waals surface area contributed by atoms with Crippen LogP contribution in [-0.2, 0) is 24.7 Å². The first-order chi connectivity index (χ1) is 30.8. The van der Waals surface area contributed by atoms with Gasteiger partial charge in [0.1, 0.15) is 12.6 Å². The molecule has 0 N–H and O–H groups in total. The first-order valence-corrected chi connectivity index (χ1v) is 23.7. The van der Waals surface area contributed by atoms with Crippen molar-refractivity contribution in [2.24, 2.45) is 0 Å². The zero-order chi connectivity index (χ0) is 43.6. The molecule has 2 fully saturated rings. The van der Waals surface area contributed by atoms with Crippen LogP contribution in [-0.4, -0.2) is 60.6 Å². The van der Waals surface area contributed by atoms with Gasteiger partial charge in [-0.1, -0.05) is 184 Å². The molecule has 5 aromatic rings. The van der Waals surface area contributed by atoms with Gasteiger partial charge in [0.15, 0.2) is 5.60 Å². The highest BCUT2D eigenvalue weighted by molar-refractivity contribution is 6.31. The molecule has 0 spiro atoms. The van der Waals surface area contributed by atoms with Crippen LogP contribution < -0.4 is 0 Å². The quantitative estimate of drug-likeness (QED) is 0.0976. The Morgan fingerprint density at radius 2 is 1.17 bits per heavy atom. The van der Waals surface area contributed by atoms with Gasteiger partial charge in [0, 0.05) is 47.8 Å². The van der Waals surface area contributed by atoms with E-state index in [-0.39, 0.29) is 24.9 Å². The zero-order valence-corrected chi connectivity index (χ0v) is 37.4. The van der Waals surface area contributed by atoms with Crippen molar-refractivity contribution in [3.8, 4) is 11.1 Å². The molecule has 3 aliphatic rings. The third kappa shape index (κ3) is 9.89. The van der Waals surface area contributed by atoms with Crippen molar-refractivity contribution in [1.82, 2.24) is 9.80 Å². The van der Waals surface area contributed by atoms with Crippen molar-refractivity contribution in [2.75, 3.05) is 26.7 Å². The predicted molar refractivity (Wildman–Crippen MR) is 251 cm³/mol. The number of ether oxygens (including phenoxy) is 2. The van der Waals surface area contributed by atoms with E-state index in [2.05, 4.69) is 48.5 Å². The molecule has 2 aliphatic carbocycles. The van der Waals surface area contributed by atoms with E-state index in [4.69, 9.17) is 21.1 Å². The fraction of sp³-hybridized carbons (Fsp3) is 0.400. The maximum Gasteiger partial charge on any atom is 0.410 e. The number of hydrogen-bond acceptors (Lipinski definition) is 5. The molecule has 2 amide bonds. The molecule has 5 aromatic carbocycles. The van der Waals surface area contributed by atoms with E-state index in [0.29, 0.717) is 29.6 Å². The molecule has 0 aromatic heterocycles. The van der Waals surface area contributed by atoms with Crippen LogP contribution in [0.2, 0.25) is 5.02 Å². The lowest BCUT2D eigenvalue weighted by Gasteiger charge is -2.37. The van der Waals surface area contributed by atoms with Gasteiger partial charge in [-0.05, 0) is 71.9 Å². The van der Waals surface area contributed by atoms with E-state index in [9.17, 15) is 14.4 Å². The molecule has 7 nitrogen and oxygen atoms in total. The van der Waals surface area contributed by atoms with Gasteiger partial charge in [-0.3, -0.25) is 14.5 Å². The van der Waals surface area contributed by atoms with Gasteiger partial charge in [-0.25, -0.2) is 4.79 Å². The standard InChI is InChI=1S/C55H61ClN2O5/c1-57(54(61)62-39-48-46-28-16-14-26-44(46)45-27-15-17-29-47(45)48)51(53(60)58-36-20-9-21-37-58)38-52(59)63-55(42-24-12-8-13-25-42,49-30-18-19-31-50(49)56)43-34-32-41(33-35-43)40-22-10-6-4-2-3-5-7-11-23-40/h8,12-19,24-35,40,48,51H,2-7,9-11,20-23,36-39H2,1H3/t51-,55?/m0/s1. The third-order valence-electron chi connectivity index (χ3n) is 13.7. The number of piperidine rings is 1. The summed E-state index contributed by atoms with van der Waals surface area (Å²) in [6.45, 7) is 1.21. The Labute approximate surface area is 378 Å². The smallest absolute Gasteiger partial charge is 0.410 e. The Morgan fingerprint density at radius 1 is 0.651 bits per heavy atom. The lowest BCUT2D eigenvalue weighted by atomic mass is 9.78. The number of esters is 1. The number of hydrogen-bond donors (Lipinski definition) is 0. The molecule has 8 rings (SSSR count). The number of fused-ring (bicyclic) bond motifs is 3. The number of rotatable bonds is 11. The minimum atomic E-state index is -1.47. The summed E-state index contributed by atoms with van der Waals surface area (Å²) in [5, 5.41) is 0.443. The minimum absolute atomic E-state index is 0.0900. The summed E-state index contributed by atoms with van der Waals surface area (Å²) < 4.78 is 13.0. The Morgan fingerprint density at radius 3 is 1.79 bits per heavy atom. The molecule has 0 bridgehead atoms. The Hall–Kier alpha value is -5.40. The van der Waals surface area contributed by atoms with Gasteiger partial charge in [-0.15, -0.1) is 0 Å². The van der Waals surface area contributed by atoms with Crippen LogP contribution in [0.15, 0.2) is 127 Å². The molecule has 1 aliphatic heterocycles. The van der Waals surface area contributed by atoms with E-state index in [1.54, 1.807) is 11.9 Å². The predicted octanol–water partition coefficient (Wildman–Crippen LogP) is 12.8. The van der Waals surface area contributed by atoms with Crippen LogP contribution in [0.1, 0.15) is 135 Å². The second-order valence-electron chi connectivity index (χ2n) is 17.7. The molecular weight excluding hydrogens is 804 g/mol. The van der Waals surface area contributed by atoms with Crippen LogP contribution in [0, 0.1) is 0 Å². The fourth-order valence-corrected chi connectivity index (χ4v) is 10.6. The number of likely N-dealkylation sites (N-methyl/N-ethyl adjacent to an activating group) is 1. The molecule has 1 saturated carbocycles. The monoisotopic (exact) mass is 864 g/mol. The number of benzene rings is 5. The molecule has 8 heteroatoms. The summed E-state index contributed by atoms with van der Waals surface area (Å²) >= 11 is 7.10. The first kappa shape index (κ1) is 44.2. The second kappa shape index (κ2) is 20.9. The number of likely N-dealkylation sites (tertiary alicyclic amines) is 1. The molecule has 2 atom stereocenters. The van der Waals surface area contributed by atoms with Gasteiger partial charge >= 0.3 is 12.1 Å². The number of nitrogens with zero attached hydrogens (tertiary/aromatic N) is 2. The largest absolute Gasteiger partial charge is 0.448 e. The van der Waals surface area contributed by atoms with Gasteiger partial charge in [0.05, 0.1) is 6.42 Å². The third-order valence-corrected chi connectivity index (χ3v) is 14.1. The maximum atomic E-state index is 14.9. The van der Waals surface area contributed by atoms with Crippen molar-refractivity contribution in [2.45, 2.75) is 113 Å². The molecule has 328 valence electrons. The molecule has 0 radical (unpaired) electrons. The lowest BCUT2D eigenvalue weighted by Crippen LogP contribution is -2.52. The lowest BCUT2D eigenvalue weighted by molar-refractivity contribution is -0.157. The fourth-order valence-electron chi connectivity index (χ4n) is 10.3. The van der Waals surface area contributed by atoms with Crippen LogP contribution >= 0.6 is 11.6 Å². The first-order valence-electron chi connectivity index (χ1n) is 23.3. The van der Waals surface area contributed by atoms with Crippen LogP contribution in [0.4, 0.5) is 4.79 Å². The van der Waals surface area contributed by atoms with Gasteiger partial charge in [-0.2, -0.15) is 0 Å². The summed E-state index contributed by atoms with van der Waals surface area (Å²) in [4.78, 5) is 46.7. The van der Waals surface area contributed by atoms with Gasteiger partial charge in [0.2, 0.25) is 5.91 Å². The van der Waals surface area contributed by atoms with Crippen molar-refractivity contribution >= 4 is 29.6 Å². The van der Waals surface area contributed by atoms with E-state index in [1.807, 2.05) is 78.9 Å². The summed E-state index contributed by atoms with van der Waals surface area (Å²) in [6, 6.07) is 41.0. The molecule has 1 unspecified atom stereocenters. The average Bonchev–Trinajstić information content (AvgIpc) is 3.61. The maximum absolute atomic E-state index is 14.9. The summed E-state index contributed by atoms with van der Waals surface area (Å²) in [5.74, 6) is -0.632. The highest BCUT2D eigenvalue weighted by atomic mass is 35.5. The normalized spacial score (nSPS) is 17.6. The minimum Gasteiger partial charge on any atom is -0.448 e. The SMILES string of the molecule is CN(C(=O)OCC1c2ccccc2-c2ccccc21)[C@@H](CC(=O)OC(c1ccccc1)(c1ccc(C2CCCCCCCCCC2)cc1)c1ccccc1Cl)C(=O)N1CCCCC1. The summed E-state index contributed by atoms with van der Waals surface area (Å²) in [6.07, 6.45) is 14.3. The molecule has 63 heavy (non-hydrogen) atoms. The van der Waals surface area contributed by atoms with E-state index < -0.39 is 23.7 Å². The number of carbonyl (C=O) groups excluding carboxylic acids is 3. The molecule has 1 saturated heterocycles. The van der Waals surface area contributed by atoms with E-state index in [0.717, 1.165) is 65.5 Å². The number of halogens is 1. The van der Waals surface area contributed by atoms with Crippen molar-refractivity contribution < 1.29 is 23.9 Å². The number of amides is 2. The average molecular weight is 866 g/mol. The van der Waals surface area contributed by atoms with Gasteiger partial charge in [0.25, 0.3) is 0 Å². The Balaban J connectivity index is 1.10. The van der Waals surface area contributed by atoms with E-state index in [1.165, 1.54) is 61.8 Å². The number of carbonyl (C=O) groups is 3. The van der Waals surface area contributed by atoms with Crippen LogP contribution in [0.3, 0.4) is 0 Å². The highest BCUT2D eigenvalue weighted by Crippen LogP contribution is 2.46. The molecule has 1 heterocycles. The van der Waals surface area contributed by atoms with Crippen LogP contribution in [0.25, 0.3) is 11.1 Å². The zero-order valence-electron chi connectivity index (χ0n) is 36.7. The summed E-state index contributed by atoms with van der Waals surface area (Å²) in [5.41, 5.74) is 6.34. The highest BCUT2D eigenvalue weighted by Gasteiger charge is 2.44. The van der Waals surface area contributed by atoms with Crippen molar-refractivity contribution in [3.63, 3.8) is 0 Å². The second-order valence-corrected chi connectivity index (χ2v) is 18.2. The van der Waals surface area contributed by atoms with Crippen LogP contribution in [0.5, 0.6) is 0 Å². The summed E-state index contributed by atoms with van der Waals surface area (Å²) in [7, 11) is 1.55. The van der Waals surface area contributed by atoms with Gasteiger partial charge < -0.3 is 14.4 Å². The Kier molecular flexibility index (Phi) is 14.6. The van der Waals surface area contributed by atoms with Crippen molar-refractivity contribution in [3.05, 3.63) is 166 Å². The topological polar surface area (TPSA) is 76.1 Å².